The van der Waals surface area contributed by atoms with Gasteiger partial charge in [0.2, 0.25) is 4.91 Å². The molecule has 0 aliphatic carbocycles. The van der Waals surface area contributed by atoms with Crippen molar-refractivity contribution in [3.05, 3.63) is 35.4 Å². The van der Waals surface area contributed by atoms with Crippen LogP contribution in [0.2, 0.25) is 0 Å². The summed E-state index contributed by atoms with van der Waals surface area (Å²) in [6.07, 6.45) is 0.387. The Morgan fingerprint density at radius 1 is 1.76 bits per heavy atom. The minimum absolute atomic E-state index is 0.0456. The molecular weight excluding hydrogens is 280 g/mol. The van der Waals surface area contributed by atoms with Gasteiger partial charge in [-0.3, -0.25) is 4.57 Å². The average molecular weight is 295 g/mol. The van der Waals surface area contributed by atoms with Gasteiger partial charge in [-0.2, -0.15) is 4.98 Å². The van der Waals surface area contributed by atoms with Crippen LogP contribution < -0.4 is 16.3 Å². The third kappa shape index (κ3) is 2.36. The summed E-state index contributed by atoms with van der Waals surface area (Å²) in [5, 5.41) is 23.1. The molecule has 4 atom stereocenters. The molecule has 21 heavy (non-hydrogen) atoms. The van der Waals surface area contributed by atoms with Crippen molar-refractivity contribution in [2.24, 2.45) is 11.0 Å². The lowest BCUT2D eigenvalue weighted by Crippen LogP contribution is -2.43. The zero-order valence-corrected chi connectivity index (χ0v) is 11.0. The number of ether oxygens (including phenoxy) is 1. The van der Waals surface area contributed by atoms with Gasteiger partial charge in [0.1, 0.15) is 24.1 Å². The fourth-order valence-corrected chi connectivity index (χ4v) is 2.25. The molecule has 0 radical (unpaired) electrons. The van der Waals surface area contributed by atoms with E-state index in [4.69, 9.17) is 16.0 Å². The third-order valence-electron chi connectivity index (χ3n) is 3.32. The first-order chi connectivity index (χ1) is 9.99. The Hall–Kier alpha value is -2.39. The van der Waals surface area contributed by atoms with E-state index in [1.165, 1.54) is 18.3 Å². The summed E-state index contributed by atoms with van der Waals surface area (Å²) in [5.41, 5.74) is 9.69. The topological polar surface area (TPSA) is 161 Å². The summed E-state index contributed by atoms with van der Waals surface area (Å²) in [6, 6.07) is 1.39. The highest BCUT2D eigenvalue weighted by molar-refractivity contribution is 5.23. The van der Waals surface area contributed by atoms with Crippen molar-refractivity contribution >= 4 is 5.82 Å². The summed E-state index contributed by atoms with van der Waals surface area (Å²) in [4.78, 5) is 18.3. The highest BCUT2D eigenvalue weighted by Gasteiger charge is 2.58. The first kappa shape index (κ1) is 15.0. The van der Waals surface area contributed by atoms with E-state index in [-0.39, 0.29) is 5.82 Å². The number of anilines is 1. The molecule has 0 bridgehead atoms. The monoisotopic (exact) mass is 295 g/mol. The Balaban J connectivity index is 2.51. The molecule has 10 nitrogen and oxygen atoms in total. The lowest BCUT2D eigenvalue weighted by atomic mass is 9.96. The van der Waals surface area contributed by atoms with E-state index in [9.17, 15) is 15.0 Å². The predicted octanol–water partition coefficient (Wildman–Crippen LogP) is -1.24. The molecule has 1 saturated heterocycles. The summed E-state index contributed by atoms with van der Waals surface area (Å²) in [5.74, 6) is -0.713. The molecule has 1 aliphatic rings. The molecule has 0 amide bonds. The molecule has 0 aromatic carbocycles. The zero-order chi connectivity index (χ0) is 15.6. The Kier molecular flexibility index (Phi) is 3.96. The van der Waals surface area contributed by atoms with Gasteiger partial charge in [0.15, 0.2) is 11.3 Å². The van der Waals surface area contributed by atoms with E-state index in [0.717, 1.165) is 4.57 Å². The molecule has 1 aromatic rings. The van der Waals surface area contributed by atoms with Gasteiger partial charge >= 0.3 is 5.69 Å². The number of nitrogens with one attached hydrogen (secondary N) is 1. The van der Waals surface area contributed by atoms with Crippen LogP contribution in [-0.4, -0.2) is 38.2 Å². The van der Waals surface area contributed by atoms with Crippen molar-refractivity contribution in [1.82, 2.24) is 14.5 Å². The Labute approximate surface area is 118 Å². The number of nitrogens with zero attached hydrogens (tertiary/aromatic N) is 4. The van der Waals surface area contributed by atoms with Crippen molar-refractivity contribution in [3.63, 3.8) is 0 Å². The van der Waals surface area contributed by atoms with Crippen molar-refractivity contribution in [1.29, 1.82) is 5.53 Å². The van der Waals surface area contributed by atoms with Crippen LogP contribution in [0.1, 0.15) is 6.23 Å². The van der Waals surface area contributed by atoms with Crippen LogP contribution in [0.15, 0.2) is 34.8 Å². The van der Waals surface area contributed by atoms with Crippen LogP contribution in [0.25, 0.3) is 0 Å². The normalized spacial score (nSPS) is 31.6. The summed E-state index contributed by atoms with van der Waals surface area (Å²) in [6.45, 7) is 2.86. The number of hydrogen-bond acceptors (Lipinski definition) is 8. The van der Waals surface area contributed by atoms with E-state index < -0.39 is 36.3 Å². The van der Waals surface area contributed by atoms with Gasteiger partial charge in [-0.15, -0.1) is 6.58 Å². The summed E-state index contributed by atoms with van der Waals surface area (Å²) >= 11 is 0. The second-order valence-electron chi connectivity index (χ2n) is 4.51. The zero-order valence-electron chi connectivity index (χ0n) is 11.0. The van der Waals surface area contributed by atoms with Crippen molar-refractivity contribution < 1.29 is 14.9 Å². The molecule has 0 spiro atoms. The molecular formula is C11H15N6O4+. The molecule has 10 heteroatoms. The molecule has 2 heterocycles. The molecule has 2 rings (SSSR count). The quantitative estimate of drug-likeness (QED) is 0.308. The number of aliphatic hydroxyl groups excluding tert-OH is 2. The fraction of sp³-hybridized carbons (Fsp3) is 0.455. The van der Waals surface area contributed by atoms with Crippen LogP contribution in [0.5, 0.6) is 0 Å². The highest BCUT2D eigenvalue weighted by atomic mass is 16.6. The minimum atomic E-state index is -1.83. The van der Waals surface area contributed by atoms with Gasteiger partial charge in [0.05, 0.1) is 5.92 Å². The van der Waals surface area contributed by atoms with Crippen LogP contribution in [-0.2, 0) is 4.74 Å². The van der Waals surface area contributed by atoms with E-state index in [1.807, 2.05) is 0 Å². The van der Waals surface area contributed by atoms with Crippen LogP contribution in [0.3, 0.4) is 0 Å². The van der Waals surface area contributed by atoms with Crippen molar-refractivity contribution in [2.45, 2.75) is 18.1 Å². The Bertz CT molecular complexity index is 654. The van der Waals surface area contributed by atoms with Crippen molar-refractivity contribution in [2.75, 3.05) is 12.3 Å². The van der Waals surface area contributed by atoms with E-state index in [0.29, 0.717) is 0 Å². The van der Waals surface area contributed by atoms with Gasteiger partial charge in [-0.1, -0.05) is 6.08 Å². The molecule has 1 aliphatic heterocycles. The lowest BCUT2D eigenvalue weighted by Gasteiger charge is -2.18. The number of nitrogens with two attached hydrogens (primary N) is 1. The fourth-order valence-electron chi connectivity index (χ4n) is 2.25. The van der Waals surface area contributed by atoms with Crippen LogP contribution in [0, 0.1) is 11.4 Å². The second kappa shape index (κ2) is 5.54. The molecule has 1 aromatic heterocycles. The number of rotatable bonds is 4. The average Bonchev–Trinajstić information content (AvgIpc) is 2.72. The first-order valence-electron chi connectivity index (χ1n) is 6.01. The minimum Gasteiger partial charge on any atom is -0.391 e. The third-order valence-corrected chi connectivity index (χ3v) is 3.32. The Morgan fingerprint density at radius 3 is 3.00 bits per heavy atom. The van der Waals surface area contributed by atoms with E-state index in [2.05, 4.69) is 21.6 Å². The SMILES string of the molecule is C=C[C@@H]1[C@H](n2ccc(N)nc2=O)O[C@@](CO)(N=[N+]=N)[C@H]1O. The summed E-state index contributed by atoms with van der Waals surface area (Å²) in [7, 11) is 0. The highest BCUT2D eigenvalue weighted by Crippen LogP contribution is 2.42. The molecule has 112 valence electrons. The maximum Gasteiger partial charge on any atom is 0.351 e. The van der Waals surface area contributed by atoms with E-state index in [1.54, 1.807) is 0 Å². The maximum atomic E-state index is 11.9. The number of aliphatic hydroxyl groups is 2. The van der Waals surface area contributed by atoms with Gasteiger partial charge in [0, 0.05) is 6.20 Å². The Morgan fingerprint density at radius 2 is 2.48 bits per heavy atom. The van der Waals surface area contributed by atoms with Gasteiger partial charge < -0.3 is 20.7 Å². The van der Waals surface area contributed by atoms with Gasteiger partial charge in [-0.25, -0.2) is 4.79 Å². The lowest BCUT2D eigenvalue weighted by molar-refractivity contribution is -0.128. The molecule has 5 N–H and O–H groups in total. The van der Waals surface area contributed by atoms with Crippen LogP contribution in [0.4, 0.5) is 5.82 Å². The van der Waals surface area contributed by atoms with E-state index >= 15 is 0 Å². The molecule has 1 fully saturated rings. The maximum absolute atomic E-state index is 11.9. The van der Waals surface area contributed by atoms with Gasteiger partial charge in [-0.05, 0) is 6.07 Å². The smallest absolute Gasteiger partial charge is 0.351 e. The predicted molar refractivity (Wildman–Crippen MR) is 69.8 cm³/mol. The number of hydrogen-bond donors (Lipinski definition) is 4. The van der Waals surface area contributed by atoms with Gasteiger partial charge in [0.25, 0.3) is 5.72 Å². The second-order valence-corrected chi connectivity index (χ2v) is 4.51. The molecule has 0 saturated carbocycles. The van der Waals surface area contributed by atoms with Crippen molar-refractivity contribution in [3.8, 4) is 0 Å². The number of aromatic nitrogens is 2. The first-order valence-corrected chi connectivity index (χ1v) is 6.01. The number of nitrogen functional groups attached to an aromatic ring is 1. The van der Waals surface area contributed by atoms with Crippen LogP contribution >= 0.6 is 0 Å². The largest absolute Gasteiger partial charge is 0.391 e. The standard InChI is InChI=1S/C11H14N6O4/c1-2-6-8(19)11(5-18,15-16-13)21-9(6)17-4-3-7(12)14-10(17)20/h2-4,6,8-9,13,18-19H,1,5H2,(H-,12,14,20)/p+1/t6-,8-,9+,11+/m0/s1. The molecule has 0 unspecified atom stereocenters. The summed E-state index contributed by atoms with van der Waals surface area (Å²) < 4.78 is 6.59.